The molecule has 0 bridgehead atoms. The van der Waals surface area contributed by atoms with Crippen LogP contribution in [0.2, 0.25) is 0 Å². The van der Waals surface area contributed by atoms with Crippen molar-refractivity contribution in [3.8, 4) is 17.3 Å². The molecule has 0 aliphatic heterocycles. The van der Waals surface area contributed by atoms with Crippen molar-refractivity contribution in [1.82, 2.24) is 19.7 Å². The van der Waals surface area contributed by atoms with Gasteiger partial charge in [0, 0.05) is 18.3 Å². The van der Waals surface area contributed by atoms with Crippen molar-refractivity contribution in [1.29, 1.82) is 0 Å². The third-order valence-electron chi connectivity index (χ3n) is 2.29. The highest BCUT2D eigenvalue weighted by Gasteiger charge is 2.10. The lowest BCUT2D eigenvalue weighted by Gasteiger charge is -2.00. The maximum atomic E-state index is 5.88. The average Bonchev–Trinajstić information content (AvgIpc) is 2.99. The topological polar surface area (TPSA) is 82.8 Å². The van der Waals surface area contributed by atoms with Crippen molar-refractivity contribution in [3.05, 3.63) is 43.1 Å². The van der Waals surface area contributed by atoms with E-state index in [4.69, 9.17) is 10.2 Å². The van der Waals surface area contributed by atoms with Crippen molar-refractivity contribution in [3.63, 3.8) is 0 Å². The molecule has 0 aliphatic carbocycles. The second-order valence-electron chi connectivity index (χ2n) is 3.41. The summed E-state index contributed by atoms with van der Waals surface area (Å²) in [6.45, 7) is 0. The molecule has 0 fully saturated rings. The summed E-state index contributed by atoms with van der Waals surface area (Å²) in [5.74, 6) is 1.79. The number of nitrogens with zero attached hydrogens (tertiary/aromatic N) is 4. The average molecular weight is 227 g/mol. The number of anilines is 1. The van der Waals surface area contributed by atoms with Crippen LogP contribution in [0.3, 0.4) is 0 Å². The zero-order chi connectivity index (χ0) is 11.7. The molecule has 0 aliphatic rings. The zero-order valence-corrected chi connectivity index (χ0v) is 8.82. The Morgan fingerprint density at radius 2 is 2.24 bits per heavy atom. The molecule has 6 nitrogen and oxygen atoms in total. The van der Waals surface area contributed by atoms with Crippen LogP contribution in [0.4, 0.5) is 5.82 Å². The van der Waals surface area contributed by atoms with Crippen LogP contribution in [0.1, 0.15) is 0 Å². The summed E-state index contributed by atoms with van der Waals surface area (Å²) in [7, 11) is 0. The maximum Gasteiger partial charge on any atom is 0.159 e. The quantitative estimate of drug-likeness (QED) is 0.717. The monoisotopic (exact) mass is 227 g/mol. The Hall–Kier alpha value is -2.63. The predicted octanol–water partition coefficient (Wildman–Crippen LogP) is 1.50. The van der Waals surface area contributed by atoms with Gasteiger partial charge in [0.05, 0.1) is 6.26 Å². The molecule has 0 unspecified atom stereocenters. The first kappa shape index (κ1) is 9.59. The summed E-state index contributed by atoms with van der Waals surface area (Å²) >= 11 is 0. The van der Waals surface area contributed by atoms with Crippen molar-refractivity contribution >= 4 is 5.82 Å². The summed E-state index contributed by atoms with van der Waals surface area (Å²) in [5, 5.41) is 4.33. The Labute approximate surface area is 96.7 Å². The fraction of sp³-hybridized carbons (Fsp3) is 0. The Morgan fingerprint density at radius 3 is 2.94 bits per heavy atom. The fourth-order valence-corrected chi connectivity index (χ4v) is 1.53. The van der Waals surface area contributed by atoms with Crippen LogP contribution in [0, 0.1) is 0 Å². The van der Waals surface area contributed by atoms with Crippen LogP contribution in [-0.2, 0) is 0 Å². The minimum Gasteiger partial charge on any atom is -0.463 e. The van der Waals surface area contributed by atoms with Gasteiger partial charge in [-0.25, -0.2) is 9.97 Å². The third-order valence-corrected chi connectivity index (χ3v) is 2.29. The number of aromatic nitrogens is 4. The highest BCUT2D eigenvalue weighted by molar-refractivity contribution is 5.57. The normalized spacial score (nSPS) is 10.6. The first-order chi connectivity index (χ1) is 8.34. The van der Waals surface area contributed by atoms with Gasteiger partial charge in [0.2, 0.25) is 0 Å². The van der Waals surface area contributed by atoms with Gasteiger partial charge in [0.15, 0.2) is 11.6 Å². The zero-order valence-electron chi connectivity index (χ0n) is 8.82. The van der Waals surface area contributed by atoms with Crippen LogP contribution in [0.25, 0.3) is 17.3 Å². The number of hydrogen-bond acceptors (Lipinski definition) is 5. The van der Waals surface area contributed by atoms with Gasteiger partial charge in [-0.3, -0.25) is 0 Å². The molecule has 0 spiro atoms. The van der Waals surface area contributed by atoms with Crippen LogP contribution >= 0.6 is 0 Å². The van der Waals surface area contributed by atoms with Crippen molar-refractivity contribution in [2.75, 3.05) is 5.73 Å². The Morgan fingerprint density at radius 1 is 1.29 bits per heavy atom. The smallest absolute Gasteiger partial charge is 0.159 e. The Balaban J connectivity index is 2.08. The van der Waals surface area contributed by atoms with E-state index >= 15 is 0 Å². The van der Waals surface area contributed by atoms with Crippen LogP contribution in [0.15, 0.2) is 47.5 Å². The largest absolute Gasteiger partial charge is 0.463 e. The molecule has 0 atom stereocenters. The summed E-state index contributed by atoms with van der Waals surface area (Å²) in [6.07, 6.45) is 4.67. The van der Waals surface area contributed by atoms with Gasteiger partial charge >= 0.3 is 0 Å². The van der Waals surface area contributed by atoms with Crippen molar-refractivity contribution in [2.24, 2.45) is 0 Å². The third kappa shape index (κ3) is 1.65. The first-order valence-electron chi connectivity index (χ1n) is 5.00. The molecule has 0 amide bonds. The van der Waals surface area contributed by atoms with Gasteiger partial charge in [0.1, 0.15) is 17.8 Å². The SMILES string of the molecule is Nc1cc(-c2ccco2)nn1-c1ccncn1. The van der Waals surface area contributed by atoms with E-state index in [9.17, 15) is 0 Å². The molecule has 3 heterocycles. The van der Waals surface area contributed by atoms with Crippen molar-refractivity contribution < 1.29 is 4.42 Å². The molecule has 3 aromatic heterocycles. The minimum absolute atomic E-state index is 0.495. The number of nitrogen functional groups attached to an aromatic ring is 1. The van der Waals surface area contributed by atoms with Gasteiger partial charge in [-0.05, 0) is 12.1 Å². The fourth-order valence-electron chi connectivity index (χ4n) is 1.53. The standard InChI is InChI=1S/C11H9N5O/c12-10-6-8(9-2-1-5-17-9)15-16(10)11-3-4-13-7-14-11/h1-7H,12H2. The van der Waals surface area contributed by atoms with Gasteiger partial charge < -0.3 is 10.2 Å². The first-order valence-corrected chi connectivity index (χ1v) is 5.00. The molecule has 84 valence electrons. The molecular weight excluding hydrogens is 218 g/mol. The minimum atomic E-state index is 0.495. The van der Waals surface area contributed by atoms with E-state index in [1.807, 2.05) is 6.07 Å². The van der Waals surface area contributed by atoms with E-state index < -0.39 is 0 Å². The van der Waals surface area contributed by atoms with Crippen LogP contribution < -0.4 is 5.73 Å². The lowest BCUT2D eigenvalue weighted by Crippen LogP contribution is -2.03. The van der Waals surface area contributed by atoms with E-state index in [0.29, 0.717) is 23.1 Å². The molecule has 2 N–H and O–H groups in total. The molecule has 17 heavy (non-hydrogen) atoms. The predicted molar refractivity (Wildman–Crippen MR) is 61.3 cm³/mol. The molecule has 3 rings (SSSR count). The lowest BCUT2D eigenvalue weighted by atomic mass is 10.3. The second kappa shape index (κ2) is 3.75. The molecule has 0 saturated heterocycles. The van der Waals surface area contributed by atoms with Crippen molar-refractivity contribution in [2.45, 2.75) is 0 Å². The lowest BCUT2D eigenvalue weighted by molar-refractivity contribution is 0.579. The summed E-state index contributed by atoms with van der Waals surface area (Å²) in [5.41, 5.74) is 6.55. The number of hydrogen-bond donors (Lipinski definition) is 1. The van der Waals surface area contributed by atoms with E-state index in [2.05, 4.69) is 15.1 Å². The molecule has 6 heteroatoms. The number of nitrogens with two attached hydrogens (primary N) is 1. The van der Waals surface area contributed by atoms with Gasteiger partial charge in [-0.15, -0.1) is 0 Å². The summed E-state index contributed by atoms with van der Waals surface area (Å²) in [6, 6.07) is 7.09. The van der Waals surface area contributed by atoms with Crippen LogP contribution in [0.5, 0.6) is 0 Å². The number of furan rings is 1. The summed E-state index contributed by atoms with van der Waals surface area (Å²) < 4.78 is 6.80. The van der Waals surface area contributed by atoms with E-state index in [1.54, 1.807) is 35.3 Å². The van der Waals surface area contributed by atoms with Gasteiger partial charge in [-0.2, -0.15) is 9.78 Å². The second-order valence-corrected chi connectivity index (χ2v) is 3.41. The van der Waals surface area contributed by atoms with E-state index in [0.717, 1.165) is 0 Å². The molecule has 0 aromatic carbocycles. The molecular formula is C11H9N5O. The molecule has 3 aromatic rings. The van der Waals surface area contributed by atoms with E-state index in [-0.39, 0.29) is 0 Å². The van der Waals surface area contributed by atoms with Gasteiger partial charge in [0.25, 0.3) is 0 Å². The molecule has 0 saturated carbocycles. The number of rotatable bonds is 2. The summed E-state index contributed by atoms with van der Waals surface area (Å²) in [4.78, 5) is 7.93. The maximum absolute atomic E-state index is 5.88. The van der Waals surface area contributed by atoms with E-state index in [1.165, 1.54) is 6.33 Å². The van der Waals surface area contributed by atoms with Crippen LogP contribution in [-0.4, -0.2) is 19.7 Å². The Kier molecular flexibility index (Phi) is 2.11. The molecule has 0 radical (unpaired) electrons. The Bertz CT molecular complexity index is 615. The van der Waals surface area contributed by atoms with Gasteiger partial charge in [-0.1, -0.05) is 0 Å². The highest BCUT2D eigenvalue weighted by Crippen LogP contribution is 2.22. The highest BCUT2D eigenvalue weighted by atomic mass is 16.3.